The van der Waals surface area contributed by atoms with Gasteiger partial charge in [-0.25, -0.2) is 0 Å². The Labute approximate surface area is 116 Å². The van der Waals surface area contributed by atoms with Crippen molar-refractivity contribution < 1.29 is 0 Å². The maximum atomic E-state index is 2.62. The molecule has 1 aromatic carbocycles. The van der Waals surface area contributed by atoms with Gasteiger partial charge in [-0.05, 0) is 63.2 Å². The summed E-state index contributed by atoms with van der Waals surface area (Å²) >= 11 is 1.99. The third-order valence-electron chi connectivity index (χ3n) is 3.58. The first kappa shape index (κ1) is 14.0. The summed E-state index contributed by atoms with van der Waals surface area (Å²) < 4.78 is 0. The average Bonchev–Trinajstić information content (AvgIpc) is 2.92. The van der Waals surface area contributed by atoms with Gasteiger partial charge in [0.05, 0.1) is 0 Å². The minimum absolute atomic E-state index is 1.27. The molecule has 2 heteroatoms. The van der Waals surface area contributed by atoms with Crippen molar-refractivity contribution in [2.45, 2.75) is 43.4 Å². The molecule has 1 aromatic rings. The molecule has 100 valence electrons. The highest BCUT2D eigenvalue weighted by atomic mass is 32.2. The third kappa shape index (κ3) is 5.45. The van der Waals surface area contributed by atoms with E-state index in [9.17, 15) is 0 Å². The van der Waals surface area contributed by atoms with E-state index in [1.807, 2.05) is 11.8 Å². The molecule has 1 saturated heterocycles. The van der Waals surface area contributed by atoms with Gasteiger partial charge in [-0.15, -0.1) is 11.8 Å². The smallest absolute Gasteiger partial charge is 0.00719 e. The van der Waals surface area contributed by atoms with Gasteiger partial charge in [-0.3, -0.25) is 0 Å². The van der Waals surface area contributed by atoms with E-state index in [0.29, 0.717) is 0 Å². The molecule has 0 spiro atoms. The van der Waals surface area contributed by atoms with Gasteiger partial charge in [0, 0.05) is 4.90 Å². The van der Waals surface area contributed by atoms with Crippen LogP contribution in [0.1, 0.15) is 38.5 Å². The molecular weight excluding hydrogens is 238 g/mol. The van der Waals surface area contributed by atoms with Crippen LogP contribution in [0.25, 0.3) is 0 Å². The first-order valence-corrected chi connectivity index (χ1v) is 8.34. The van der Waals surface area contributed by atoms with Crippen LogP contribution >= 0.6 is 11.8 Å². The highest BCUT2D eigenvalue weighted by Crippen LogP contribution is 2.19. The average molecular weight is 263 g/mol. The molecule has 1 fully saturated rings. The number of thioether (sulfide) groups is 1. The molecule has 0 atom stereocenters. The second-order valence-electron chi connectivity index (χ2n) is 5.12. The van der Waals surface area contributed by atoms with Crippen LogP contribution in [0, 0.1) is 0 Å². The fourth-order valence-corrected chi connectivity index (χ4v) is 3.44. The molecule has 1 aliphatic rings. The Morgan fingerprint density at radius 3 is 2.39 bits per heavy atom. The van der Waals surface area contributed by atoms with Crippen molar-refractivity contribution in [1.29, 1.82) is 0 Å². The van der Waals surface area contributed by atoms with E-state index >= 15 is 0 Å². The standard InChI is InChI=1S/C16H25NS/c1(6-12-17-13-7-8-14-17)2-9-15-18-16-10-4-3-5-11-16/h3-5,10-11H,1-2,6-9,12-15H2. The fourth-order valence-electron chi connectivity index (χ4n) is 2.50. The zero-order valence-electron chi connectivity index (χ0n) is 11.3. The Morgan fingerprint density at radius 2 is 1.61 bits per heavy atom. The largest absolute Gasteiger partial charge is 0.303 e. The van der Waals surface area contributed by atoms with Gasteiger partial charge in [0.15, 0.2) is 0 Å². The Bertz CT molecular complexity index is 306. The van der Waals surface area contributed by atoms with Crippen LogP contribution < -0.4 is 0 Å². The predicted molar refractivity (Wildman–Crippen MR) is 81.3 cm³/mol. The summed E-state index contributed by atoms with van der Waals surface area (Å²) in [5, 5.41) is 0. The number of nitrogens with zero attached hydrogens (tertiary/aromatic N) is 1. The van der Waals surface area contributed by atoms with E-state index < -0.39 is 0 Å². The summed E-state index contributed by atoms with van der Waals surface area (Å²) in [6.07, 6.45) is 8.41. The van der Waals surface area contributed by atoms with Gasteiger partial charge in [0.25, 0.3) is 0 Å². The van der Waals surface area contributed by atoms with Crippen LogP contribution in [0.5, 0.6) is 0 Å². The molecule has 0 amide bonds. The lowest BCUT2D eigenvalue weighted by Crippen LogP contribution is -2.20. The SMILES string of the molecule is c1ccc(SCCCCCCN2CCCC2)cc1. The van der Waals surface area contributed by atoms with Crippen LogP contribution in [0.15, 0.2) is 35.2 Å². The van der Waals surface area contributed by atoms with Gasteiger partial charge >= 0.3 is 0 Å². The summed E-state index contributed by atoms with van der Waals surface area (Å²) in [6.45, 7) is 4.04. The molecule has 0 aromatic heterocycles. The van der Waals surface area contributed by atoms with Gasteiger partial charge in [0.1, 0.15) is 0 Å². The third-order valence-corrected chi connectivity index (χ3v) is 4.68. The summed E-state index contributed by atoms with van der Waals surface area (Å²) in [6, 6.07) is 10.7. The minimum Gasteiger partial charge on any atom is -0.303 e. The van der Waals surface area contributed by atoms with Crippen molar-refractivity contribution in [3.8, 4) is 0 Å². The number of benzene rings is 1. The maximum absolute atomic E-state index is 2.62. The van der Waals surface area contributed by atoms with E-state index in [1.54, 1.807) is 0 Å². The van der Waals surface area contributed by atoms with Gasteiger partial charge in [-0.2, -0.15) is 0 Å². The molecule has 0 radical (unpaired) electrons. The van der Waals surface area contributed by atoms with Crippen molar-refractivity contribution in [2.24, 2.45) is 0 Å². The summed E-state index contributed by atoms with van der Waals surface area (Å²) in [7, 11) is 0. The normalized spacial score (nSPS) is 16.2. The van der Waals surface area contributed by atoms with E-state index in [0.717, 1.165) is 0 Å². The Hall–Kier alpha value is -0.470. The first-order valence-electron chi connectivity index (χ1n) is 7.35. The lowest BCUT2D eigenvalue weighted by molar-refractivity contribution is 0.328. The zero-order valence-corrected chi connectivity index (χ0v) is 12.1. The van der Waals surface area contributed by atoms with Crippen LogP contribution in [-0.2, 0) is 0 Å². The minimum atomic E-state index is 1.27. The fraction of sp³-hybridized carbons (Fsp3) is 0.625. The number of unbranched alkanes of at least 4 members (excludes halogenated alkanes) is 3. The summed E-state index contributed by atoms with van der Waals surface area (Å²) in [5.74, 6) is 1.27. The second kappa shape index (κ2) is 8.60. The van der Waals surface area contributed by atoms with E-state index in [4.69, 9.17) is 0 Å². The number of hydrogen-bond donors (Lipinski definition) is 0. The maximum Gasteiger partial charge on any atom is 0.00719 e. The van der Waals surface area contributed by atoms with Gasteiger partial charge in [-0.1, -0.05) is 31.0 Å². The molecule has 0 bridgehead atoms. The van der Waals surface area contributed by atoms with Crippen molar-refractivity contribution in [1.82, 2.24) is 4.90 Å². The monoisotopic (exact) mass is 263 g/mol. The molecule has 1 heterocycles. The topological polar surface area (TPSA) is 3.24 Å². The number of rotatable bonds is 8. The van der Waals surface area contributed by atoms with Crippen LogP contribution in [-0.4, -0.2) is 30.3 Å². The van der Waals surface area contributed by atoms with Crippen molar-refractivity contribution in [3.63, 3.8) is 0 Å². The quantitative estimate of drug-likeness (QED) is 0.504. The Morgan fingerprint density at radius 1 is 0.889 bits per heavy atom. The lowest BCUT2D eigenvalue weighted by Gasteiger charge is -2.13. The Balaban J connectivity index is 1.42. The highest BCUT2D eigenvalue weighted by Gasteiger charge is 2.09. The van der Waals surface area contributed by atoms with Crippen molar-refractivity contribution in [2.75, 3.05) is 25.4 Å². The second-order valence-corrected chi connectivity index (χ2v) is 6.29. The van der Waals surface area contributed by atoms with Crippen LogP contribution in [0.3, 0.4) is 0 Å². The molecule has 18 heavy (non-hydrogen) atoms. The van der Waals surface area contributed by atoms with Gasteiger partial charge < -0.3 is 4.90 Å². The summed E-state index contributed by atoms with van der Waals surface area (Å²) in [4.78, 5) is 4.04. The molecule has 2 rings (SSSR count). The van der Waals surface area contributed by atoms with Crippen molar-refractivity contribution in [3.05, 3.63) is 30.3 Å². The van der Waals surface area contributed by atoms with E-state index in [1.165, 1.54) is 68.8 Å². The Kier molecular flexibility index (Phi) is 6.67. The molecule has 1 nitrogen and oxygen atoms in total. The molecule has 1 aliphatic heterocycles. The predicted octanol–water partition coefficient (Wildman–Crippen LogP) is 4.43. The first-order chi connectivity index (χ1) is 8.95. The molecule has 0 N–H and O–H groups in total. The molecule has 0 aliphatic carbocycles. The van der Waals surface area contributed by atoms with E-state index in [-0.39, 0.29) is 0 Å². The van der Waals surface area contributed by atoms with Gasteiger partial charge in [0.2, 0.25) is 0 Å². The molecular formula is C16H25NS. The number of likely N-dealkylation sites (tertiary alicyclic amines) is 1. The van der Waals surface area contributed by atoms with Crippen LogP contribution in [0.2, 0.25) is 0 Å². The van der Waals surface area contributed by atoms with Crippen molar-refractivity contribution >= 4 is 11.8 Å². The number of hydrogen-bond acceptors (Lipinski definition) is 2. The molecule has 0 saturated carbocycles. The summed E-state index contributed by atoms with van der Waals surface area (Å²) in [5.41, 5.74) is 0. The van der Waals surface area contributed by atoms with Crippen LogP contribution in [0.4, 0.5) is 0 Å². The highest BCUT2D eigenvalue weighted by molar-refractivity contribution is 7.99. The van der Waals surface area contributed by atoms with E-state index in [2.05, 4.69) is 35.2 Å². The molecule has 0 unspecified atom stereocenters. The lowest BCUT2D eigenvalue weighted by atomic mass is 10.2. The zero-order chi connectivity index (χ0) is 12.5.